The van der Waals surface area contributed by atoms with Crippen molar-refractivity contribution in [3.05, 3.63) is 88.3 Å². The summed E-state index contributed by atoms with van der Waals surface area (Å²) in [4.78, 5) is 25.3. The second kappa shape index (κ2) is 9.46. The molecule has 1 aliphatic rings. The van der Waals surface area contributed by atoms with Crippen molar-refractivity contribution in [3.63, 3.8) is 0 Å². The van der Waals surface area contributed by atoms with Crippen LogP contribution < -0.4 is 9.47 Å². The SMILES string of the molecule is O=C(/C(=C/c1cn(-c2ccccc2)nc1-c1ccc2c(c1)OCCO2)C(=O)C(F)(F)F)c1cccs1. The number of thiophene rings is 1. The van der Waals surface area contributed by atoms with Gasteiger partial charge in [-0.15, -0.1) is 11.3 Å². The number of hydrogen-bond acceptors (Lipinski definition) is 6. The lowest BCUT2D eigenvalue weighted by Gasteiger charge is -2.18. The largest absolute Gasteiger partial charge is 0.486 e. The Labute approximate surface area is 207 Å². The number of ether oxygens (including phenoxy) is 2. The molecule has 0 fully saturated rings. The minimum absolute atomic E-state index is 0.0233. The second-order valence-corrected chi connectivity index (χ2v) is 8.71. The molecule has 0 saturated heterocycles. The van der Waals surface area contributed by atoms with Gasteiger partial charge in [0.05, 0.1) is 16.1 Å². The van der Waals surface area contributed by atoms with E-state index in [1.165, 1.54) is 23.0 Å². The third-order valence-electron chi connectivity index (χ3n) is 5.37. The van der Waals surface area contributed by atoms with Gasteiger partial charge in [0, 0.05) is 17.3 Å². The monoisotopic (exact) mass is 510 g/mol. The van der Waals surface area contributed by atoms with Crippen LogP contribution in [0.25, 0.3) is 23.0 Å². The van der Waals surface area contributed by atoms with Crippen LogP contribution in [0.5, 0.6) is 11.5 Å². The molecule has 0 N–H and O–H groups in total. The number of allylic oxidation sites excluding steroid dienone is 1. The Morgan fingerprint density at radius 2 is 1.72 bits per heavy atom. The molecule has 0 spiro atoms. The maximum absolute atomic E-state index is 13.5. The molecule has 36 heavy (non-hydrogen) atoms. The Balaban J connectivity index is 1.69. The number of nitrogens with zero attached hydrogens (tertiary/aromatic N) is 2. The van der Waals surface area contributed by atoms with Crippen molar-refractivity contribution in [2.45, 2.75) is 6.18 Å². The summed E-state index contributed by atoms with van der Waals surface area (Å²) < 4.78 is 53.1. The number of rotatable bonds is 6. The predicted octanol–water partition coefficient (Wildman–Crippen LogP) is 5.77. The summed E-state index contributed by atoms with van der Waals surface area (Å²) in [5.74, 6) is -2.23. The van der Waals surface area contributed by atoms with Gasteiger partial charge in [0.2, 0.25) is 5.78 Å². The molecule has 0 atom stereocenters. The second-order valence-electron chi connectivity index (χ2n) is 7.76. The Morgan fingerprint density at radius 3 is 2.42 bits per heavy atom. The molecule has 0 amide bonds. The standard InChI is InChI=1S/C26H17F3N2O4S/c27-26(28,29)25(33)19(24(32)22-7-4-12-36-22)13-17-15-31(18-5-2-1-3-6-18)30-23(17)16-8-9-20-21(14-16)35-11-10-34-20/h1-9,12-15H,10-11H2/b19-13-. The highest BCUT2D eigenvalue weighted by molar-refractivity contribution is 7.12. The fourth-order valence-corrected chi connectivity index (χ4v) is 4.38. The molecule has 0 bridgehead atoms. The molecule has 0 radical (unpaired) electrons. The Hall–Kier alpha value is -4.18. The maximum atomic E-state index is 13.5. The number of halogens is 3. The van der Waals surface area contributed by atoms with Crippen LogP contribution in [0.2, 0.25) is 0 Å². The van der Waals surface area contributed by atoms with Gasteiger partial charge in [-0.3, -0.25) is 9.59 Å². The molecule has 182 valence electrons. The summed E-state index contributed by atoms with van der Waals surface area (Å²) in [5, 5.41) is 6.12. The van der Waals surface area contributed by atoms with E-state index in [4.69, 9.17) is 9.47 Å². The zero-order valence-electron chi connectivity index (χ0n) is 18.5. The molecule has 10 heteroatoms. The topological polar surface area (TPSA) is 70.4 Å². The van der Waals surface area contributed by atoms with Gasteiger partial charge < -0.3 is 9.47 Å². The first kappa shape index (κ1) is 23.6. The van der Waals surface area contributed by atoms with Gasteiger partial charge in [-0.25, -0.2) is 4.68 Å². The fourth-order valence-electron chi connectivity index (χ4n) is 3.70. The summed E-state index contributed by atoms with van der Waals surface area (Å²) in [6.07, 6.45) is -2.80. The van der Waals surface area contributed by atoms with E-state index >= 15 is 0 Å². The summed E-state index contributed by atoms with van der Waals surface area (Å²) >= 11 is 0.955. The van der Waals surface area contributed by atoms with Crippen molar-refractivity contribution in [1.29, 1.82) is 0 Å². The van der Waals surface area contributed by atoms with E-state index in [1.54, 1.807) is 47.8 Å². The van der Waals surface area contributed by atoms with Gasteiger partial charge in [0.25, 0.3) is 5.78 Å². The van der Waals surface area contributed by atoms with E-state index in [0.29, 0.717) is 36.0 Å². The molecule has 2 aromatic carbocycles. The van der Waals surface area contributed by atoms with Gasteiger partial charge in [0.15, 0.2) is 11.5 Å². The lowest BCUT2D eigenvalue weighted by Crippen LogP contribution is -2.28. The number of fused-ring (bicyclic) bond motifs is 1. The van der Waals surface area contributed by atoms with E-state index in [9.17, 15) is 22.8 Å². The summed E-state index contributed by atoms with van der Waals surface area (Å²) in [5.41, 5.74) is 0.596. The molecule has 3 heterocycles. The minimum Gasteiger partial charge on any atom is -0.486 e. The van der Waals surface area contributed by atoms with Gasteiger partial charge in [-0.2, -0.15) is 18.3 Å². The van der Waals surface area contributed by atoms with Crippen LogP contribution in [0.3, 0.4) is 0 Å². The van der Waals surface area contributed by atoms with Crippen LogP contribution in [0.4, 0.5) is 13.2 Å². The molecule has 0 aliphatic carbocycles. The molecule has 0 unspecified atom stereocenters. The van der Waals surface area contributed by atoms with Crippen LogP contribution in [0.1, 0.15) is 15.2 Å². The zero-order chi connectivity index (χ0) is 25.3. The summed E-state index contributed by atoms with van der Waals surface area (Å²) in [6.45, 7) is 0.748. The first-order chi connectivity index (χ1) is 17.3. The van der Waals surface area contributed by atoms with Crippen LogP contribution in [0, 0.1) is 0 Å². The maximum Gasteiger partial charge on any atom is 0.455 e. The van der Waals surface area contributed by atoms with Crippen LogP contribution >= 0.6 is 11.3 Å². The number of Topliss-reactive ketones (excluding diaryl/α,β-unsaturated/α-hetero) is 2. The average molecular weight is 510 g/mol. The molecular weight excluding hydrogens is 493 g/mol. The average Bonchev–Trinajstić information content (AvgIpc) is 3.57. The van der Waals surface area contributed by atoms with Crippen molar-refractivity contribution in [3.8, 4) is 28.4 Å². The van der Waals surface area contributed by atoms with Crippen molar-refractivity contribution >= 4 is 29.0 Å². The van der Waals surface area contributed by atoms with E-state index < -0.39 is 23.3 Å². The first-order valence-corrected chi connectivity index (χ1v) is 11.7. The molecule has 0 saturated carbocycles. The molecular formula is C26H17F3N2O4S. The normalized spacial score (nSPS) is 13.5. The fraction of sp³-hybridized carbons (Fsp3) is 0.115. The van der Waals surface area contributed by atoms with Gasteiger partial charge in [0.1, 0.15) is 18.9 Å². The number of ketones is 2. The molecule has 5 rings (SSSR count). The number of alkyl halides is 3. The number of benzene rings is 2. The lowest BCUT2D eigenvalue weighted by atomic mass is 9.99. The number of aromatic nitrogens is 2. The number of carbonyl (C=O) groups is 2. The Bertz CT molecular complexity index is 1460. The lowest BCUT2D eigenvalue weighted by molar-refractivity contribution is -0.166. The van der Waals surface area contributed by atoms with Gasteiger partial charge >= 0.3 is 6.18 Å². The highest BCUT2D eigenvalue weighted by Gasteiger charge is 2.43. The van der Waals surface area contributed by atoms with Crippen LogP contribution in [0.15, 0.2) is 77.8 Å². The van der Waals surface area contributed by atoms with E-state index in [0.717, 1.165) is 17.4 Å². The molecule has 2 aromatic heterocycles. The Kier molecular flexibility index (Phi) is 6.19. The van der Waals surface area contributed by atoms with Crippen molar-refractivity contribution < 1.29 is 32.2 Å². The highest BCUT2D eigenvalue weighted by atomic mass is 32.1. The molecule has 6 nitrogen and oxygen atoms in total. The minimum atomic E-state index is -5.23. The van der Waals surface area contributed by atoms with Crippen molar-refractivity contribution in [1.82, 2.24) is 9.78 Å². The number of para-hydroxylation sites is 1. The predicted molar refractivity (Wildman–Crippen MR) is 128 cm³/mol. The first-order valence-electron chi connectivity index (χ1n) is 10.8. The van der Waals surface area contributed by atoms with E-state index in [-0.39, 0.29) is 16.1 Å². The third kappa shape index (κ3) is 4.67. The van der Waals surface area contributed by atoms with Crippen LogP contribution in [-0.2, 0) is 4.79 Å². The quantitative estimate of drug-likeness (QED) is 0.143. The highest BCUT2D eigenvalue weighted by Crippen LogP contribution is 2.36. The Morgan fingerprint density at radius 1 is 0.972 bits per heavy atom. The van der Waals surface area contributed by atoms with E-state index in [2.05, 4.69) is 5.10 Å². The van der Waals surface area contributed by atoms with Crippen LogP contribution in [-0.4, -0.2) is 40.7 Å². The number of hydrogen-bond donors (Lipinski definition) is 0. The molecule has 1 aliphatic heterocycles. The third-order valence-corrected chi connectivity index (χ3v) is 6.24. The van der Waals surface area contributed by atoms with Gasteiger partial charge in [-0.1, -0.05) is 24.3 Å². The zero-order valence-corrected chi connectivity index (χ0v) is 19.3. The van der Waals surface area contributed by atoms with Crippen molar-refractivity contribution in [2.75, 3.05) is 13.2 Å². The smallest absolute Gasteiger partial charge is 0.455 e. The van der Waals surface area contributed by atoms with Gasteiger partial charge in [-0.05, 0) is 47.9 Å². The summed E-state index contributed by atoms with van der Waals surface area (Å²) in [6, 6.07) is 16.9. The van der Waals surface area contributed by atoms with Crippen molar-refractivity contribution in [2.24, 2.45) is 0 Å². The molecule has 4 aromatic rings. The number of carbonyl (C=O) groups excluding carboxylic acids is 2. The summed E-state index contributed by atoms with van der Waals surface area (Å²) in [7, 11) is 0. The van der Waals surface area contributed by atoms with E-state index in [1.807, 2.05) is 6.07 Å².